The summed E-state index contributed by atoms with van der Waals surface area (Å²) in [5, 5.41) is 9.63. The molecule has 0 spiro atoms. The summed E-state index contributed by atoms with van der Waals surface area (Å²) >= 11 is 3.38. The van der Waals surface area contributed by atoms with Crippen molar-refractivity contribution in [1.82, 2.24) is 9.78 Å². The predicted molar refractivity (Wildman–Crippen MR) is 118 cm³/mol. The van der Waals surface area contributed by atoms with E-state index in [-0.39, 0.29) is 12.5 Å². The average Bonchev–Trinajstić information content (AvgIpc) is 2.70. The first-order valence-corrected chi connectivity index (χ1v) is 9.74. The Morgan fingerprint density at radius 1 is 1.07 bits per heavy atom. The van der Waals surface area contributed by atoms with Gasteiger partial charge in [-0.05, 0) is 36.4 Å². The van der Waals surface area contributed by atoms with Gasteiger partial charge in [0.15, 0.2) is 0 Å². The molecule has 0 radical (unpaired) electrons. The Hall–Kier alpha value is -3.46. The molecule has 2 aromatic carbocycles. The summed E-state index contributed by atoms with van der Waals surface area (Å²) in [6, 6.07) is 15.3. The van der Waals surface area contributed by atoms with Gasteiger partial charge in [-0.25, -0.2) is 4.68 Å². The summed E-state index contributed by atoms with van der Waals surface area (Å²) in [6.07, 6.45) is 0. The molecule has 0 atom stereocenters. The van der Waals surface area contributed by atoms with Crippen LogP contribution in [0.25, 0.3) is 11.3 Å². The number of rotatable bonds is 6. The second-order valence-corrected chi connectivity index (χ2v) is 7.28. The number of anilines is 2. The molecule has 1 aromatic heterocycles. The van der Waals surface area contributed by atoms with Crippen LogP contribution in [0.15, 0.2) is 63.9 Å². The van der Waals surface area contributed by atoms with E-state index in [1.54, 1.807) is 24.3 Å². The highest BCUT2D eigenvalue weighted by molar-refractivity contribution is 9.10. The first-order chi connectivity index (χ1) is 14.4. The molecule has 0 fully saturated rings. The van der Waals surface area contributed by atoms with E-state index in [0.717, 1.165) is 14.7 Å². The third-order valence-electron chi connectivity index (χ3n) is 4.09. The second kappa shape index (κ2) is 9.36. The third-order valence-corrected chi connectivity index (χ3v) is 4.62. The minimum absolute atomic E-state index is 0.238. The lowest BCUT2D eigenvalue weighted by Gasteiger charge is -2.13. The van der Waals surface area contributed by atoms with Crippen molar-refractivity contribution in [3.05, 3.63) is 69.4 Å². The van der Waals surface area contributed by atoms with Crippen molar-refractivity contribution in [2.24, 2.45) is 0 Å². The Balaban J connectivity index is 1.81. The topological polar surface area (TPSA) is 102 Å². The Bertz CT molecular complexity index is 1140. The van der Waals surface area contributed by atoms with E-state index in [1.165, 1.54) is 20.1 Å². The van der Waals surface area contributed by atoms with Crippen LogP contribution >= 0.6 is 15.9 Å². The van der Waals surface area contributed by atoms with Gasteiger partial charge in [-0.15, -0.1) is 0 Å². The molecule has 1 heterocycles. The summed E-state index contributed by atoms with van der Waals surface area (Å²) in [5.74, 6) is -0.282. The molecule has 0 aliphatic heterocycles. The van der Waals surface area contributed by atoms with Crippen LogP contribution in [0.3, 0.4) is 0 Å². The van der Waals surface area contributed by atoms with Crippen molar-refractivity contribution in [3.63, 3.8) is 0 Å². The molecule has 154 valence electrons. The molecule has 2 amide bonds. The lowest BCUT2D eigenvalue weighted by atomic mass is 10.1. The minimum atomic E-state index is -0.462. The van der Waals surface area contributed by atoms with Gasteiger partial charge in [0.05, 0.1) is 18.5 Å². The van der Waals surface area contributed by atoms with Crippen LogP contribution in [-0.2, 0) is 16.1 Å². The molecule has 0 saturated carbocycles. The summed E-state index contributed by atoms with van der Waals surface area (Å²) < 4.78 is 7.27. The summed E-state index contributed by atoms with van der Waals surface area (Å²) in [5.41, 5.74) is 1.86. The van der Waals surface area contributed by atoms with Crippen LogP contribution in [0.2, 0.25) is 0 Å². The standard InChI is InChI=1S/C21H19BrN4O4/c1-13(27)23-16-7-9-19(30-2)18(11-16)24-20(28)12-26-21(29)10-8-17(25-26)14-3-5-15(22)6-4-14/h3-11H,12H2,1-2H3,(H,23,27)(H,24,28). The van der Waals surface area contributed by atoms with E-state index in [1.807, 2.05) is 24.3 Å². The van der Waals surface area contributed by atoms with Gasteiger partial charge in [-0.1, -0.05) is 28.1 Å². The maximum atomic E-state index is 12.6. The third kappa shape index (κ3) is 5.32. The zero-order valence-electron chi connectivity index (χ0n) is 16.3. The number of carbonyl (C=O) groups is 2. The lowest BCUT2D eigenvalue weighted by molar-refractivity contribution is -0.117. The smallest absolute Gasteiger partial charge is 0.267 e. The van der Waals surface area contributed by atoms with E-state index >= 15 is 0 Å². The van der Waals surface area contributed by atoms with Crippen molar-refractivity contribution in [2.75, 3.05) is 17.7 Å². The first kappa shape index (κ1) is 21.3. The van der Waals surface area contributed by atoms with Crippen LogP contribution in [0.1, 0.15) is 6.92 Å². The van der Waals surface area contributed by atoms with Crippen LogP contribution in [0.5, 0.6) is 5.75 Å². The number of aromatic nitrogens is 2. The predicted octanol–water partition coefficient (Wildman–Crippen LogP) is 3.28. The number of methoxy groups -OCH3 is 1. The molecule has 0 aliphatic carbocycles. The number of carbonyl (C=O) groups excluding carboxylic acids is 2. The van der Waals surface area contributed by atoms with Crippen molar-refractivity contribution >= 4 is 39.1 Å². The number of ether oxygens (including phenoxy) is 1. The number of hydrogen-bond acceptors (Lipinski definition) is 5. The average molecular weight is 471 g/mol. The van der Waals surface area contributed by atoms with Gasteiger partial charge in [-0.2, -0.15) is 5.10 Å². The van der Waals surface area contributed by atoms with Crippen molar-refractivity contribution in [1.29, 1.82) is 0 Å². The number of amides is 2. The maximum absolute atomic E-state index is 12.6. The fourth-order valence-corrected chi connectivity index (χ4v) is 3.01. The minimum Gasteiger partial charge on any atom is -0.495 e. The number of nitrogens with zero attached hydrogens (tertiary/aromatic N) is 2. The number of benzene rings is 2. The Morgan fingerprint density at radius 2 is 1.80 bits per heavy atom. The summed E-state index contributed by atoms with van der Waals surface area (Å²) in [7, 11) is 1.47. The quantitative estimate of drug-likeness (QED) is 0.575. The fraction of sp³-hybridized carbons (Fsp3) is 0.143. The molecule has 3 rings (SSSR count). The largest absolute Gasteiger partial charge is 0.495 e. The van der Waals surface area contributed by atoms with Gasteiger partial charge >= 0.3 is 0 Å². The maximum Gasteiger partial charge on any atom is 0.267 e. The van der Waals surface area contributed by atoms with Gasteiger partial charge in [0.1, 0.15) is 12.3 Å². The van der Waals surface area contributed by atoms with Crippen molar-refractivity contribution in [2.45, 2.75) is 13.5 Å². The van der Waals surface area contributed by atoms with Crippen molar-refractivity contribution < 1.29 is 14.3 Å². The Morgan fingerprint density at radius 3 is 2.47 bits per heavy atom. The highest BCUT2D eigenvalue weighted by atomic mass is 79.9. The number of nitrogens with one attached hydrogen (secondary N) is 2. The molecule has 0 saturated heterocycles. The first-order valence-electron chi connectivity index (χ1n) is 8.95. The fourth-order valence-electron chi connectivity index (χ4n) is 2.75. The zero-order chi connectivity index (χ0) is 21.7. The molecule has 9 heteroatoms. The Labute approximate surface area is 181 Å². The van der Waals surface area contributed by atoms with Crippen LogP contribution in [-0.4, -0.2) is 28.7 Å². The van der Waals surface area contributed by atoms with Gasteiger partial charge in [0.2, 0.25) is 11.8 Å². The zero-order valence-corrected chi connectivity index (χ0v) is 17.9. The number of hydrogen-bond donors (Lipinski definition) is 2. The van der Waals surface area contributed by atoms with E-state index in [9.17, 15) is 14.4 Å². The molecule has 3 aromatic rings. The van der Waals surface area contributed by atoms with Crippen LogP contribution in [0.4, 0.5) is 11.4 Å². The molecule has 30 heavy (non-hydrogen) atoms. The van der Waals surface area contributed by atoms with Gasteiger partial charge in [0.25, 0.3) is 5.56 Å². The van der Waals surface area contributed by atoms with E-state index in [0.29, 0.717) is 22.8 Å². The van der Waals surface area contributed by atoms with E-state index < -0.39 is 11.5 Å². The molecule has 0 unspecified atom stereocenters. The second-order valence-electron chi connectivity index (χ2n) is 6.37. The SMILES string of the molecule is COc1ccc(NC(C)=O)cc1NC(=O)Cn1nc(-c2ccc(Br)cc2)ccc1=O. The molecular weight excluding hydrogens is 452 g/mol. The molecule has 0 aliphatic rings. The monoisotopic (exact) mass is 470 g/mol. The van der Waals surface area contributed by atoms with E-state index in [4.69, 9.17) is 4.74 Å². The molecule has 8 nitrogen and oxygen atoms in total. The van der Waals surface area contributed by atoms with E-state index in [2.05, 4.69) is 31.7 Å². The van der Waals surface area contributed by atoms with Gasteiger partial charge in [-0.3, -0.25) is 14.4 Å². The number of halogens is 1. The summed E-state index contributed by atoms with van der Waals surface area (Å²) in [4.78, 5) is 36.0. The van der Waals surface area contributed by atoms with Gasteiger partial charge in [0, 0.05) is 28.7 Å². The van der Waals surface area contributed by atoms with Crippen LogP contribution < -0.4 is 20.9 Å². The van der Waals surface area contributed by atoms with Crippen LogP contribution in [0, 0.1) is 0 Å². The Kier molecular flexibility index (Phi) is 6.63. The highest BCUT2D eigenvalue weighted by Crippen LogP contribution is 2.28. The molecular formula is C21H19BrN4O4. The van der Waals surface area contributed by atoms with Crippen molar-refractivity contribution in [3.8, 4) is 17.0 Å². The normalized spacial score (nSPS) is 10.4. The highest BCUT2D eigenvalue weighted by Gasteiger charge is 2.12. The van der Waals surface area contributed by atoms with Gasteiger partial charge < -0.3 is 15.4 Å². The summed E-state index contributed by atoms with van der Waals surface area (Å²) in [6.45, 7) is 1.11. The lowest BCUT2D eigenvalue weighted by Crippen LogP contribution is -2.29. The molecule has 2 N–H and O–H groups in total. The molecule has 0 bridgehead atoms.